The van der Waals surface area contributed by atoms with E-state index < -0.39 is 29.1 Å². The molecule has 0 aliphatic heterocycles. The van der Waals surface area contributed by atoms with E-state index in [2.05, 4.69) is 5.32 Å². The predicted molar refractivity (Wildman–Crippen MR) is 87.6 cm³/mol. The molecule has 24 heavy (non-hydrogen) atoms. The number of benzene rings is 3. The molecule has 0 spiro atoms. The molecule has 0 unspecified atom stereocenters. The summed E-state index contributed by atoms with van der Waals surface area (Å²) in [5.41, 5.74) is 0.0298. The van der Waals surface area contributed by atoms with E-state index >= 15 is 0 Å². The largest absolute Gasteiger partial charge is 0.318 e. The van der Waals surface area contributed by atoms with Crippen molar-refractivity contribution in [1.82, 2.24) is 0 Å². The molecule has 0 heterocycles. The minimum absolute atomic E-state index is 0.395. The van der Waals surface area contributed by atoms with Gasteiger partial charge >= 0.3 is 11.8 Å². The lowest BCUT2D eigenvalue weighted by Crippen LogP contribution is -2.29. The molecule has 3 aromatic carbocycles. The van der Waals surface area contributed by atoms with E-state index in [-0.39, 0.29) is 0 Å². The highest BCUT2D eigenvalue weighted by Gasteiger charge is 2.16. The van der Waals surface area contributed by atoms with E-state index in [0.29, 0.717) is 5.69 Å². The number of rotatable bonds is 2. The maximum atomic E-state index is 13.5. The number of hydrogen-bond donors (Lipinski definition) is 2. The molecule has 4 nitrogen and oxygen atoms in total. The molecule has 0 aliphatic rings. The van der Waals surface area contributed by atoms with Crippen molar-refractivity contribution in [2.75, 3.05) is 10.6 Å². The molecular weight excluding hydrogens is 314 g/mol. The van der Waals surface area contributed by atoms with Gasteiger partial charge in [-0.25, -0.2) is 8.78 Å². The number of carbonyl (C=O) groups excluding carboxylic acids is 2. The Balaban J connectivity index is 1.73. The molecule has 3 rings (SSSR count). The van der Waals surface area contributed by atoms with Gasteiger partial charge in [0.25, 0.3) is 0 Å². The molecule has 0 fully saturated rings. The molecule has 0 saturated carbocycles. The fourth-order valence-electron chi connectivity index (χ4n) is 2.23. The van der Waals surface area contributed by atoms with Crippen LogP contribution >= 0.6 is 0 Å². The van der Waals surface area contributed by atoms with Crippen LogP contribution in [0, 0.1) is 11.6 Å². The standard InChI is InChI=1S/C18H12F2N2O2/c19-13-6-8-15(20)16(10-13)22-18(24)17(23)21-14-7-5-11-3-1-2-4-12(11)9-14/h1-10H,(H,21,23)(H,22,24). The smallest absolute Gasteiger partial charge is 0.314 e. The van der Waals surface area contributed by atoms with Crippen molar-refractivity contribution >= 4 is 34.0 Å². The normalized spacial score (nSPS) is 10.4. The van der Waals surface area contributed by atoms with Gasteiger partial charge in [0, 0.05) is 11.8 Å². The lowest BCUT2D eigenvalue weighted by Gasteiger charge is -2.08. The third kappa shape index (κ3) is 3.38. The van der Waals surface area contributed by atoms with Crippen LogP contribution in [-0.2, 0) is 9.59 Å². The number of amides is 2. The summed E-state index contributed by atoms with van der Waals surface area (Å²) >= 11 is 0. The first-order chi connectivity index (χ1) is 11.5. The maximum absolute atomic E-state index is 13.5. The van der Waals surface area contributed by atoms with Crippen LogP contribution in [0.15, 0.2) is 60.7 Å². The van der Waals surface area contributed by atoms with Crippen LogP contribution in [-0.4, -0.2) is 11.8 Å². The van der Waals surface area contributed by atoms with E-state index in [1.165, 1.54) is 0 Å². The van der Waals surface area contributed by atoms with Crippen LogP contribution in [0.25, 0.3) is 10.8 Å². The lowest BCUT2D eigenvalue weighted by atomic mass is 10.1. The Hall–Kier alpha value is -3.28. The highest BCUT2D eigenvalue weighted by atomic mass is 19.1. The van der Waals surface area contributed by atoms with Gasteiger partial charge in [0.15, 0.2) is 0 Å². The molecule has 3 aromatic rings. The highest BCUT2D eigenvalue weighted by molar-refractivity contribution is 6.43. The molecule has 0 radical (unpaired) electrons. The van der Waals surface area contributed by atoms with Crippen molar-refractivity contribution in [3.63, 3.8) is 0 Å². The monoisotopic (exact) mass is 326 g/mol. The van der Waals surface area contributed by atoms with Crippen molar-refractivity contribution in [2.24, 2.45) is 0 Å². The summed E-state index contributed by atoms with van der Waals surface area (Å²) in [6.45, 7) is 0. The molecule has 0 atom stereocenters. The Labute approximate surface area is 136 Å². The Morgan fingerprint density at radius 3 is 2.25 bits per heavy atom. The summed E-state index contributed by atoms with van der Waals surface area (Å²) in [5, 5.41) is 6.35. The number of fused-ring (bicyclic) bond motifs is 1. The lowest BCUT2D eigenvalue weighted by molar-refractivity contribution is -0.133. The first-order valence-electron chi connectivity index (χ1n) is 7.09. The topological polar surface area (TPSA) is 58.2 Å². The van der Waals surface area contributed by atoms with Gasteiger partial charge in [0.05, 0.1) is 5.69 Å². The third-order valence-corrected chi connectivity index (χ3v) is 3.39. The molecule has 0 saturated heterocycles. The van der Waals surface area contributed by atoms with Crippen molar-refractivity contribution in [1.29, 1.82) is 0 Å². The number of anilines is 2. The molecule has 2 N–H and O–H groups in total. The highest BCUT2D eigenvalue weighted by Crippen LogP contribution is 2.19. The van der Waals surface area contributed by atoms with Crippen molar-refractivity contribution in [3.05, 3.63) is 72.3 Å². The van der Waals surface area contributed by atoms with Gasteiger partial charge in [-0.15, -0.1) is 0 Å². The quantitative estimate of drug-likeness (QED) is 0.706. The van der Waals surface area contributed by atoms with Crippen LogP contribution in [0.2, 0.25) is 0 Å². The van der Waals surface area contributed by atoms with Gasteiger partial charge < -0.3 is 10.6 Å². The third-order valence-electron chi connectivity index (χ3n) is 3.39. The number of carbonyl (C=O) groups is 2. The van der Waals surface area contributed by atoms with Gasteiger partial charge in [-0.3, -0.25) is 9.59 Å². The van der Waals surface area contributed by atoms with Gasteiger partial charge in [-0.2, -0.15) is 0 Å². The summed E-state index contributed by atoms with van der Waals surface area (Å²) in [5.74, 6) is -3.62. The van der Waals surface area contributed by atoms with Gasteiger partial charge in [-0.1, -0.05) is 30.3 Å². The second-order valence-corrected chi connectivity index (χ2v) is 5.09. The van der Waals surface area contributed by atoms with Crippen LogP contribution in [0.4, 0.5) is 20.2 Å². The van der Waals surface area contributed by atoms with E-state index in [9.17, 15) is 18.4 Å². The Morgan fingerprint density at radius 1 is 0.750 bits per heavy atom. The average molecular weight is 326 g/mol. The summed E-state index contributed by atoms with van der Waals surface area (Å²) in [7, 11) is 0. The van der Waals surface area contributed by atoms with Crippen molar-refractivity contribution in [2.45, 2.75) is 0 Å². The summed E-state index contributed by atoms with van der Waals surface area (Å²) in [6.07, 6.45) is 0. The Morgan fingerprint density at radius 2 is 1.46 bits per heavy atom. The predicted octanol–water partition coefficient (Wildman–Crippen LogP) is 3.70. The molecule has 120 valence electrons. The first-order valence-corrected chi connectivity index (χ1v) is 7.09. The fraction of sp³-hybridized carbons (Fsp3) is 0. The average Bonchev–Trinajstić information content (AvgIpc) is 2.58. The molecule has 0 bridgehead atoms. The molecule has 0 aromatic heterocycles. The second-order valence-electron chi connectivity index (χ2n) is 5.09. The summed E-state index contributed by atoms with van der Waals surface area (Å²) < 4.78 is 26.6. The number of halogens is 2. The van der Waals surface area contributed by atoms with Crippen LogP contribution in [0.3, 0.4) is 0 Å². The minimum atomic E-state index is -1.09. The van der Waals surface area contributed by atoms with Crippen molar-refractivity contribution in [3.8, 4) is 0 Å². The number of hydrogen-bond acceptors (Lipinski definition) is 2. The van der Waals surface area contributed by atoms with Crippen LogP contribution in [0.5, 0.6) is 0 Å². The molecule has 0 aliphatic carbocycles. The van der Waals surface area contributed by atoms with E-state index in [4.69, 9.17) is 0 Å². The summed E-state index contributed by atoms with van der Waals surface area (Å²) in [4.78, 5) is 23.7. The zero-order chi connectivity index (χ0) is 17.1. The zero-order valence-corrected chi connectivity index (χ0v) is 12.3. The van der Waals surface area contributed by atoms with Crippen LogP contribution in [0.1, 0.15) is 0 Å². The van der Waals surface area contributed by atoms with E-state index in [1.807, 2.05) is 29.6 Å². The van der Waals surface area contributed by atoms with Gasteiger partial charge in [-0.05, 0) is 35.0 Å². The summed E-state index contributed by atoms with van der Waals surface area (Å²) in [6, 6.07) is 15.3. The SMILES string of the molecule is O=C(Nc1ccc2ccccc2c1)C(=O)Nc1cc(F)ccc1F. The Kier molecular flexibility index (Phi) is 4.20. The van der Waals surface area contributed by atoms with Gasteiger partial charge in [0.2, 0.25) is 0 Å². The first kappa shape index (κ1) is 15.6. The van der Waals surface area contributed by atoms with Crippen LogP contribution < -0.4 is 10.6 Å². The maximum Gasteiger partial charge on any atom is 0.314 e. The number of nitrogens with one attached hydrogen (secondary N) is 2. The Bertz CT molecular complexity index is 941. The fourth-order valence-corrected chi connectivity index (χ4v) is 2.23. The van der Waals surface area contributed by atoms with Gasteiger partial charge in [0.1, 0.15) is 11.6 Å². The van der Waals surface area contributed by atoms with E-state index in [0.717, 1.165) is 29.0 Å². The molecule has 6 heteroatoms. The van der Waals surface area contributed by atoms with Crippen molar-refractivity contribution < 1.29 is 18.4 Å². The second kappa shape index (κ2) is 6.45. The van der Waals surface area contributed by atoms with E-state index in [1.54, 1.807) is 18.2 Å². The molecular formula is C18H12F2N2O2. The minimum Gasteiger partial charge on any atom is -0.318 e. The molecule has 2 amide bonds. The zero-order valence-electron chi connectivity index (χ0n) is 12.3.